The molecule has 0 fully saturated rings. The molecule has 2 aromatic rings. The van der Waals surface area contributed by atoms with Crippen LogP contribution in [-0.2, 0) is 6.54 Å². The quantitative estimate of drug-likeness (QED) is 0.850. The number of anilines is 3. The van der Waals surface area contributed by atoms with Gasteiger partial charge in [0.15, 0.2) is 5.82 Å². The number of fused-ring (bicyclic) bond motifs is 1. The Morgan fingerprint density at radius 2 is 2.10 bits per heavy atom. The minimum Gasteiger partial charge on any atom is -0.369 e. The zero-order valence-electron chi connectivity index (χ0n) is 11.5. The number of hydrogen-bond acceptors (Lipinski definition) is 6. The second-order valence-electron chi connectivity index (χ2n) is 4.85. The average molecular weight is 285 g/mol. The van der Waals surface area contributed by atoms with Crippen molar-refractivity contribution in [2.75, 3.05) is 22.6 Å². The molecule has 0 amide bonds. The van der Waals surface area contributed by atoms with E-state index in [0.29, 0.717) is 24.7 Å². The van der Waals surface area contributed by atoms with Gasteiger partial charge in [0.05, 0.1) is 6.67 Å². The number of nitrogens with one attached hydrogen (secondary N) is 1. The van der Waals surface area contributed by atoms with E-state index in [-0.39, 0.29) is 5.95 Å². The van der Waals surface area contributed by atoms with Crippen LogP contribution >= 0.6 is 0 Å². The molecule has 3 rings (SSSR count). The van der Waals surface area contributed by atoms with Gasteiger partial charge in [-0.3, -0.25) is 9.59 Å². The molecule has 0 radical (unpaired) electrons. The lowest BCUT2D eigenvalue weighted by molar-refractivity contribution is 0.0934. The summed E-state index contributed by atoms with van der Waals surface area (Å²) in [7, 11) is 0. The molecule has 108 valence electrons. The lowest BCUT2D eigenvalue weighted by Gasteiger charge is -2.17. The molecule has 3 N–H and O–H groups in total. The first-order valence-electron chi connectivity index (χ1n) is 6.54. The normalized spacial score (nSPS) is 12.9. The zero-order valence-corrected chi connectivity index (χ0v) is 11.5. The van der Waals surface area contributed by atoms with Gasteiger partial charge < -0.3 is 16.0 Å². The van der Waals surface area contributed by atoms with Crippen molar-refractivity contribution in [1.29, 1.82) is 0 Å². The van der Waals surface area contributed by atoms with Crippen molar-refractivity contribution in [2.45, 2.75) is 13.5 Å². The fourth-order valence-corrected chi connectivity index (χ4v) is 2.40. The van der Waals surface area contributed by atoms with Gasteiger partial charge in [-0.2, -0.15) is 4.98 Å². The lowest BCUT2D eigenvalue weighted by atomic mass is 10.2. The van der Waals surface area contributed by atoms with E-state index in [1.54, 1.807) is 0 Å². The second-order valence-corrected chi connectivity index (χ2v) is 4.85. The van der Waals surface area contributed by atoms with Gasteiger partial charge in [0.25, 0.3) is 5.56 Å². The van der Waals surface area contributed by atoms with Crippen molar-refractivity contribution in [2.24, 2.45) is 0 Å². The first kappa shape index (κ1) is 13.2. The Morgan fingerprint density at radius 3 is 2.76 bits per heavy atom. The Kier molecular flexibility index (Phi) is 3.09. The molecular formula is C14H15N5O2. The maximum Gasteiger partial charge on any atom is 0.287 e. The molecule has 0 aliphatic carbocycles. The number of benzene rings is 1. The third-order valence-electron chi connectivity index (χ3n) is 3.37. The van der Waals surface area contributed by atoms with Crippen LogP contribution < -0.4 is 21.5 Å². The highest BCUT2D eigenvalue weighted by Crippen LogP contribution is 2.27. The summed E-state index contributed by atoms with van der Waals surface area (Å²) in [6.07, 6.45) is 0. The Hall–Kier alpha value is -2.83. The summed E-state index contributed by atoms with van der Waals surface area (Å²) < 4.78 is 0.873. The molecule has 1 aliphatic rings. The van der Waals surface area contributed by atoms with Crippen LogP contribution in [0.1, 0.15) is 17.3 Å². The molecule has 0 spiro atoms. The van der Waals surface area contributed by atoms with Gasteiger partial charge in [-0.25, -0.2) is 4.57 Å². The van der Waals surface area contributed by atoms with Crippen molar-refractivity contribution in [3.63, 3.8) is 0 Å². The van der Waals surface area contributed by atoms with Crippen molar-refractivity contribution in [1.82, 2.24) is 9.55 Å². The molecule has 0 atom stereocenters. The van der Waals surface area contributed by atoms with Crippen LogP contribution in [0.15, 0.2) is 35.1 Å². The van der Waals surface area contributed by atoms with Crippen molar-refractivity contribution >= 4 is 23.4 Å². The summed E-state index contributed by atoms with van der Waals surface area (Å²) in [5.41, 5.74) is 6.69. The topological polar surface area (TPSA) is 93.2 Å². The summed E-state index contributed by atoms with van der Waals surface area (Å²) in [4.78, 5) is 29.8. The predicted molar refractivity (Wildman–Crippen MR) is 80.3 cm³/mol. The molecule has 1 aliphatic heterocycles. The minimum atomic E-state index is -0.458. The summed E-state index contributed by atoms with van der Waals surface area (Å²) >= 11 is 0. The van der Waals surface area contributed by atoms with Crippen molar-refractivity contribution < 1.29 is 4.79 Å². The van der Waals surface area contributed by atoms with Crippen LogP contribution in [-0.4, -0.2) is 22.1 Å². The zero-order chi connectivity index (χ0) is 15.0. The Balaban J connectivity index is 2.00. The molecule has 2 heterocycles. The summed E-state index contributed by atoms with van der Waals surface area (Å²) in [5.74, 6) is -0.0528. The third kappa shape index (κ3) is 2.22. The van der Waals surface area contributed by atoms with E-state index in [1.165, 1.54) is 6.92 Å². The highest BCUT2D eigenvalue weighted by molar-refractivity contribution is 5.82. The molecule has 0 saturated carbocycles. The van der Waals surface area contributed by atoms with Gasteiger partial charge >= 0.3 is 0 Å². The van der Waals surface area contributed by atoms with Gasteiger partial charge in [0.1, 0.15) is 5.69 Å². The van der Waals surface area contributed by atoms with E-state index in [1.807, 2.05) is 35.2 Å². The Morgan fingerprint density at radius 1 is 1.38 bits per heavy atom. The molecule has 1 aromatic heterocycles. The van der Waals surface area contributed by atoms with Crippen LogP contribution in [0.4, 0.5) is 17.5 Å². The van der Waals surface area contributed by atoms with E-state index >= 15 is 0 Å². The largest absolute Gasteiger partial charge is 0.369 e. The van der Waals surface area contributed by atoms with Gasteiger partial charge in [-0.05, 0) is 5.56 Å². The number of carbonyl (C=O) groups is 1. The molecular weight excluding hydrogens is 270 g/mol. The van der Waals surface area contributed by atoms with Gasteiger partial charge in [-0.1, -0.05) is 30.3 Å². The van der Waals surface area contributed by atoms with Crippen molar-refractivity contribution in [3.8, 4) is 0 Å². The van der Waals surface area contributed by atoms with Crippen LogP contribution in [0.5, 0.6) is 0 Å². The highest BCUT2D eigenvalue weighted by atomic mass is 16.2. The van der Waals surface area contributed by atoms with E-state index in [9.17, 15) is 9.59 Å². The van der Waals surface area contributed by atoms with Crippen LogP contribution in [0.2, 0.25) is 0 Å². The summed E-state index contributed by atoms with van der Waals surface area (Å²) in [5, 5.41) is 2.98. The van der Waals surface area contributed by atoms with Crippen molar-refractivity contribution in [3.05, 3.63) is 46.2 Å². The maximum atomic E-state index is 12.3. The number of nitrogen functional groups attached to an aromatic ring is 1. The lowest BCUT2D eigenvalue weighted by Crippen LogP contribution is -2.29. The predicted octanol–water partition coefficient (Wildman–Crippen LogP) is 0.875. The maximum absolute atomic E-state index is 12.3. The number of nitrogens with zero attached hydrogens (tertiary/aromatic N) is 3. The monoisotopic (exact) mass is 285 g/mol. The van der Waals surface area contributed by atoms with Crippen LogP contribution in [0.3, 0.4) is 0 Å². The number of nitrogens with two attached hydrogens (primary N) is 1. The third-order valence-corrected chi connectivity index (χ3v) is 3.37. The standard InChI is InChI=1S/C14H15N5O2/c1-9(20)19-13(21)11-12(17-14(19)15)18(8-16-11)7-10-5-3-2-4-6-10/h2-6,16H,7-8H2,1H3,(H2,15,17). The minimum absolute atomic E-state index is 0.0898. The van der Waals surface area contributed by atoms with E-state index in [4.69, 9.17) is 5.73 Å². The smallest absolute Gasteiger partial charge is 0.287 e. The first-order valence-corrected chi connectivity index (χ1v) is 6.54. The van der Waals surface area contributed by atoms with Crippen LogP contribution in [0.25, 0.3) is 0 Å². The number of rotatable bonds is 2. The molecule has 21 heavy (non-hydrogen) atoms. The Bertz CT molecular complexity index is 754. The number of aromatic nitrogens is 2. The number of hydrogen-bond donors (Lipinski definition) is 2. The second kappa shape index (κ2) is 4.93. The molecule has 7 heteroatoms. The number of carbonyl (C=O) groups excluding carboxylic acids is 1. The highest BCUT2D eigenvalue weighted by Gasteiger charge is 2.26. The Labute approximate surface area is 121 Å². The van der Waals surface area contributed by atoms with Crippen LogP contribution in [0, 0.1) is 0 Å². The fourth-order valence-electron chi connectivity index (χ4n) is 2.40. The molecule has 7 nitrogen and oxygen atoms in total. The molecule has 0 unspecified atom stereocenters. The summed E-state index contributed by atoms with van der Waals surface area (Å²) in [6, 6.07) is 9.85. The SMILES string of the molecule is CC(=O)n1c(N)nc2c(c1=O)NCN2Cc1ccccc1. The molecule has 0 saturated heterocycles. The average Bonchev–Trinajstić information content (AvgIpc) is 2.83. The van der Waals surface area contributed by atoms with E-state index < -0.39 is 11.5 Å². The molecule has 0 bridgehead atoms. The fraction of sp³-hybridized carbons (Fsp3) is 0.214. The van der Waals surface area contributed by atoms with E-state index in [2.05, 4.69) is 10.3 Å². The van der Waals surface area contributed by atoms with Gasteiger partial charge in [0.2, 0.25) is 11.9 Å². The van der Waals surface area contributed by atoms with E-state index in [0.717, 1.165) is 10.1 Å². The van der Waals surface area contributed by atoms with Gasteiger partial charge in [0, 0.05) is 13.5 Å². The summed E-state index contributed by atoms with van der Waals surface area (Å²) in [6.45, 7) is 2.34. The molecule has 1 aromatic carbocycles. The first-order chi connectivity index (χ1) is 10.1. The van der Waals surface area contributed by atoms with Gasteiger partial charge in [-0.15, -0.1) is 0 Å².